The summed E-state index contributed by atoms with van der Waals surface area (Å²) in [5.74, 6) is 1.59. The van der Waals surface area contributed by atoms with Crippen LogP contribution in [0.4, 0.5) is 0 Å². The summed E-state index contributed by atoms with van der Waals surface area (Å²) in [6.07, 6.45) is 23.0. The molecule has 0 nitrogen and oxygen atoms in total. The zero-order valence-electron chi connectivity index (χ0n) is 30.5. The van der Waals surface area contributed by atoms with Crippen LogP contribution in [0.3, 0.4) is 0 Å². The maximum absolute atomic E-state index is 3.29. The van der Waals surface area contributed by atoms with Gasteiger partial charge in [0.1, 0.15) is 0 Å². The van der Waals surface area contributed by atoms with E-state index in [-0.39, 0.29) is 24.8 Å². The van der Waals surface area contributed by atoms with Gasteiger partial charge >= 0.3 is 301 Å². The van der Waals surface area contributed by atoms with Gasteiger partial charge in [0, 0.05) is 0 Å². The summed E-state index contributed by atoms with van der Waals surface area (Å²) in [5.41, 5.74) is 19.1. The standard InChI is InChI=1S/2C21H21.C6H10.2ClH.Hf/c2*1-15-9-11-17(12-10-15)20-8-4-7-18-13-19(14-21(18)20)16-5-2-3-6-16;1-2-4-6-5-3-1;;;/h2*4,7-14,16H,2-3,5-6H2,1H3;1-2H,3-6H2;2*1H;. The summed E-state index contributed by atoms with van der Waals surface area (Å²) >= 11 is -3.29. The molecular formula is C48H54Cl2Hf. The van der Waals surface area contributed by atoms with Crippen molar-refractivity contribution < 1.29 is 20.0 Å². The van der Waals surface area contributed by atoms with Crippen LogP contribution in [-0.4, -0.2) is 0 Å². The summed E-state index contributed by atoms with van der Waals surface area (Å²) in [6, 6.07) is 33.9. The fourth-order valence-corrected chi connectivity index (χ4v) is 48.0. The van der Waals surface area contributed by atoms with E-state index in [0.717, 1.165) is 26.5 Å². The van der Waals surface area contributed by atoms with E-state index in [1.54, 1.807) is 22.3 Å². The van der Waals surface area contributed by atoms with Gasteiger partial charge in [-0.3, -0.25) is 0 Å². The van der Waals surface area contributed by atoms with Crippen LogP contribution in [0.2, 0.25) is 7.35 Å². The summed E-state index contributed by atoms with van der Waals surface area (Å²) < 4.78 is 3.61. The number of fused-ring (bicyclic) bond motifs is 3. The van der Waals surface area contributed by atoms with E-state index in [1.165, 1.54) is 110 Å². The average Bonchev–Trinajstić information content (AvgIpc) is 3.80. The van der Waals surface area contributed by atoms with E-state index in [0.29, 0.717) is 0 Å². The summed E-state index contributed by atoms with van der Waals surface area (Å²) in [6.45, 7) is 4.44. The van der Waals surface area contributed by atoms with Crippen molar-refractivity contribution in [3.8, 4) is 22.3 Å². The van der Waals surface area contributed by atoms with Gasteiger partial charge in [-0.05, 0) is 0 Å². The van der Waals surface area contributed by atoms with Gasteiger partial charge in [0.05, 0.1) is 0 Å². The SMILES string of the molecule is Cc1ccc(-c2cccc3c2C=C(C2CCCC2)[CH]3[Hf]2([CH]3C(C4CCCC4)=Cc4c(-c5ccc(C)cc5)cccc43)[CH]3CCCC[CH]32)cc1.Cl.Cl. The Bertz CT molecular complexity index is 1830. The van der Waals surface area contributed by atoms with E-state index in [2.05, 4.69) is 111 Å². The van der Waals surface area contributed by atoms with Gasteiger partial charge in [-0.25, -0.2) is 0 Å². The molecule has 0 bridgehead atoms. The summed E-state index contributed by atoms with van der Waals surface area (Å²) in [7, 11) is 0. The number of hydrogen-bond acceptors (Lipinski definition) is 0. The maximum Gasteiger partial charge on any atom is -0.147 e. The number of hydrogen-bond donors (Lipinski definition) is 0. The van der Waals surface area contributed by atoms with E-state index < -0.39 is 20.0 Å². The van der Waals surface area contributed by atoms with Crippen LogP contribution < -0.4 is 0 Å². The Labute approximate surface area is 323 Å². The van der Waals surface area contributed by atoms with E-state index >= 15 is 0 Å². The van der Waals surface area contributed by atoms with Crippen LogP contribution in [0.1, 0.15) is 118 Å². The molecule has 0 amide bonds. The van der Waals surface area contributed by atoms with Crippen molar-refractivity contribution in [2.45, 2.75) is 106 Å². The Morgan fingerprint density at radius 2 is 0.824 bits per heavy atom. The van der Waals surface area contributed by atoms with Crippen LogP contribution >= 0.6 is 24.8 Å². The molecule has 4 aromatic rings. The van der Waals surface area contributed by atoms with Crippen LogP contribution in [0.15, 0.2) is 96.1 Å². The largest absolute Gasteiger partial charge is 0.147 e. The van der Waals surface area contributed by atoms with Crippen molar-refractivity contribution in [1.29, 1.82) is 0 Å². The molecule has 51 heavy (non-hydrogen) atoms. The van der Waals surface area contributed by atoms with Gasteiger partial charge < -0.3 is 0 Å². The average molecular weight is 880 g/mol. The minimum Gasteiger partial charge on any atom is -0.147 e. The van der Waals surface area contributed by atoms with Gasteiger partial charge in [0.25, 0.3) is 0 Å². The monoisotopic (exact) mass is 880 g/mol. The molecule has 4 unspecified atom stereocenters. The normalized spacial score (nSPS) is 27.9. The predicted molar refractivity (Wildman–Crippen MR) is 219 cm³/mol. The van der Waals surface area contributed by atoms with E-state index in [9.17, 15) is 0 Å². The van der Waals surface area contributed by atoms with Gasteiger partial charge in [-0.1, -0.05) is 0 Å². The third-order valence-electron chi connectivity index (χ3n) is 14.5. The first-order chi connectivity index (χ1) is 24.1. The smallest absolute Gasteiger partial charge is 0.147 e. The van der Waals surface area contributed by atoms with Gasteiger partial charge in [0.15, 0.2) is 0 Å². The minimum absolute atomic E-state index is 0. The van der Waals surface area contributed by atoms with Gasteiger partial charge in [0.2, 0.25) is 0 Å². The van der Waals surface area contributed by atoms with Crippen molar-refractivity contribution in [3.05, 3.63) is 129 Å². The molecule has 0 aromatic heterocycles. The van der Waals surface area contributed by atoms with Gasteiger partial charge in [-0.15, -0.1) is 24.8 Å². The molecule has 6 aliphatic rings. The van der Waals surface area contributed by atoms with Crippen molar-refractivity contribution in [2.24, 2.45) is 11.8 Å². The number of benzene rings is 4. The van der Waals surface area contributed by atoms with E-state index in [1.807, 2.05) is 11.1 Å². The molecule has 0 radical (unpaired) electrons. The Kier molecular flexibility index (Phi) is 9.99. The minimum atomic E-state index is -3.29. The van der Waals surface area contributed by atoms with Crippen LogP contribution in [-0.2, 0) is 20.0 Å². The molecule has 4 atom stereocenters. The molecular weight excluding hydrogens is 826 g/mol. The first-order valence-electron chi connectivity index (χ1n) is 20.0. The number of aryl methyl sites for hydroxylation is 2. The zero-order valence-corrected chi connectivity index (χ0v) is 35.7. The zero-order chi connectivity index (χ0) is 32.7. The fourth-order valence-electron chi connectivity index (χ4n) is 12.4. The molecule has 3 saturated carbocycles. The number of rotatable bonds is 6. The molecule has 1 heterocycles. The second-order valence-corrected chi connectivity index (χ2v) is 33.6. The van der Waals surface area contributed by atoms with E-state index in [4.69, 9.17) is 0 Å². The quantitative estimate of drug-likeness (QED) is 0.169. The van der Waals surface area contributed by atoms with Gasteiger partial charge in [-0.2, -0.15) is 0 Å². The van der Waals surface area contributed by atoms with Crippen molar-refractivity contribution in [1.82, 2.24) is 0 Å². The molecule has 1 saturated heterocycles. The van der Waals surface area contributed by atoms with Crippen molar-refractivity contribution in [3.63, 3.8) is 0 Å². The molecule has 4 fully saturated rings. The first-order valence-corrected chi connectivity index (χ1v) is 28.3. The second kappa shape index (κ2) is 14.2. The topological polar surface area (TPSA) is 0 Å². The molecule has 5 aliphatic carbocycles. The first kappa shape index (κ1) is 35.8. The Morgan fingerprint density at radius 3 is 1.22 bits per heavy atom. The van der Waals surface area contributed by atoms with Crippen LogP contribution in [0, 0.1) is 25.7 Å². The Balaban J connectivity index is 0.00000187. The summed E-state index contributed by atoms with van der Waals surface area (Å²) in [5, 5.41) is 0. The summed E-state index contributed by atoms with van der Waals surface area (Å²) in [4.78, 5) is 0. The van der Waals surface area contributed by atoms with Crippen molar-refractivity contribution >= 4 is 37.0 Å². The molecule has 0 N–H and O–H groups in total. The molecule has 4 aromatic carbocycles. The van der Waals surface area contributed by atoms with Crippen molar-refractivity contribution in [2.75, 3.05) is 0 Å². The molecule has 3 heteroatoms. The number of halogens is 2. The molecule has 1 aliphatic heterocycles. The Morgan fingerprint density at radius 1 is 0.451 bits per heavy atom. The third kappa shape index (κ3) is 5.69. The van der Waals surface area contributed by atoms with Crippen LogP contribution in [0.25, 0.3) is 34.4 Å². The number of allylic oxidation sites excluding steroid dienone is 2. The maximum atomic E-state index is 2.83. The second-order valence-electron chi connectivity index (χ2n) is 17.0. The predicted octanol–water partition coefficient (Wildman–Crippen LogP) is 14.8. The fraction of sp³-hybridized carbons (Fsp3) is 0.417. The molecule has 10 rings (SSSR count). The van der Waals surface area contributed by atoms with Crippen LogP contribution in [0.5, 0.6) is 0 Å². The molecule has 264 valence electrons. The third-order valence-corrected chi connectivity index (χ3v) is 39.1. The molecule has 0 spiro atoms. The Hall–Kier alpha value is -2.19.